The molecule has 0 spiro atoms. The van der Waals surface area contributed by atoms with Gasteiger partial charge in [-0.05, 0) is 18.2 Å². The normalized spacial score (nSPS) is 10.2. The highest BCUT2D eigenvalue weighted by atomic mass is 32.1. The molecule has 0 unspecified atom stereocenters. The van der Waals surface area contributed by atoms with E-state index in [4.69, 9.17) is 0 Å². The summed E-state index contributed by atoms with van der Waals surface area (Å²) < 4.78 is 30.7. The summed E-state index contributed by atoms with van der Waals surface area (Å²) in [6, 6.07) is 4.90. The molecule has 2 aromatic rings. The van der Waals surface area contributed by atoms with Crippen LogP contribution in [-0.4, -0.2) is 23.4 Å². The lowest BCUT2D eigenvalue weighted by Crippen LogP contribution is -2.21. The number of hydrogen-bond donors (Lipinski definition) is 1. The van der Waals surface area contributed by atoms with Gasteiger partial charge in [0.15, 0.2) is 6.61 Å². The molecule has 1 aromatic carbocycles. The minimum absolute atomic E-state index is 0.0440. The number of rotatable bonds is 5. The molecule has 0 atom stereocenters. The molecule has 0 bridgehead atoms. The lowest BCUT2D eigenvalue weighted by atomic mass is 10.3. The van der Waals surface area contributed by atoms with Gasteiger partial charge in [-0.2, -0.15) is 0 Å². The summed E-state index contributed by atoms with van der Waals surface area (Å²) >= 11 is 0.602. The van der Waals surface area contributed by atoms with E-state index in [-0.39, 0.29) is 15.6 Å². The lowest BCUT2D eigenvalue weighted by Gasteiger charge is -2.06. The molecular formula is C13H8F2N2O5S. The first kappa shape index (κ1) is 16.5. The standard InChI is InChI=1S/C13H8F2N2O5S/c14-7-1-2-9(8(15)5-7)16-11(18)6-22-13(19)10-3-4-12(23-10)17(20)21/h1-5H,6H2,(H,16,18). The van der Waals surface area contributed by atoms with Gasteiger partial charge in [0.05, 0.1) is 10.6 Å². The van der Waals surface area contributed by atoms with E-state index in [1.54, 1.807) is 0 Å². The highest BCUT2D eigenvalue weighted by molar-refractivity contribution is 7.17. The number of carbonyl (C=O) groups is 2. The zero-order chi connectivity index (χ0) is 17.0. The van der Waals surface area contributed by atoms with Gasteiger partial charge in [-0.15, -0.1) is 0 Å². The van der Waals surface area contributed by atoms with Crippen LogP contribution in [0, 0.1) is 21.7 Å². The maximum absolute atomic E-state index is 13.3. The number of thiophene rings is 1. The molecule has 10 heteroatoms. The van der Waals surface area contributed by atoms with Crippen molar-refractivity contribution >= 4 is 33.9 Å². The van der Waals surface area contributed by atoms with Crippen LogP contribution in [0.4, 0.5) is 19.5 Å². The smallest absolute Gasteiger partial charge is 0.349 e. The molecular weight excluding hydrogens is 334 g/mol. The minimum Gasteiger partial charge on any atom is -0.451 e. The predicted molar refractivity (Wildman–Crippen MR) is 76.2 cm³/mol. The van der Waals surface area contributed by atoms with Crippen molar-refractivity contribution in [2.45, 2.75) is 0 Å². The molecule has 1 aromatic heterocycles. The third-order valence-corrected chi connectivity index (χ3v) is 3.53. The lowest BCUT2D eigenvalue weighted by molar-refractivity contribution is -0.380. The number of hydrogen-bond acceptors (Lipinski definition) is 6. The fraction of sp³-hybridized carbons (Fsp3) is 0.0769. The summed E-state index contributed by atoms with van der Waals surface area (Å²) in [6.07, 6.45) is 0. The number of nitrogens with zero attached hydrogens (tertiary/aromatic N) is 1. The van der Waals surface area contributed by atoms with Crippen molar-refractivity contribution in [1.29, 1.82) is 0 Å². The van der Waals surface area contributed by atoms with Crippen molar-refractivity contribution < 1.29 is 28.0 Å². The van der Waals surface area contributed by atoms with E-state index in [1.165, 1.54) is 6.07 Å². The first-order valence-electron chi connectivity index (χ1n) is 6.03. The van der Waals surface area contributed by atoms with Crippen LogP contribution < -0.4 is 5.32 Å². The van der Waals surface area contributed by atoms with Gasteiger partial charge < -0.3 is 10.1 Å². The molecule has 120 valence electrons. The third-order valence-electron chi connectivity index (χ3n) is 2.51. The van der Waals surface area contributed by atoms with Gasteiger partial charge in [0, 0.05) is 12.1 Å². The second-order valence-electron chi connectivity index (χ2n) is 4.14. The molecule has 1 heterocycles. The van der Waals surface area contributed by atoms with Gasteiger partial charge in [-0.3, -0.25) is 14.9 Å². The van der Waals surface area contributed by atoms with Gasteiger partial charge in [0.1, 0.15) is 16.5 Å². The number of esters is 1. The second-order valence-corrected chi connectivity index (χ2v) is 5.21. The largest absolute Gasteiger partial charge is 0.451 e. The summed E-state index contributed by atoms with van der Waals surface area (Å²) in [5.41, 5.74) is -0.265. The van der Waals surface area contributed by atoms with Crippen LogP contribution in [0.3, 0.4) is 0 Å². The highest BCUT2D eigenvalue weighted by Crippen LogP contribution is 2.24. The fourth-order valence-corrected chi connectivity index (χ4v) is 2.23. The van der Waals surface area contributed by atoms with Crippen molar-refractivity contribution in [1.82, 2.24) is 0 Å². The Morgan fingerprint density at radius 3 is 2.61 bits per heavy atom. The zero-order valence-electron chi connectivity index (χ0n) is 11.2. The number of nitrogens with one attached hydrogen (secondary N) is 1. The van der Waals surface area contributed by atoms with E-state index in [1.807, 2.05) is 0 Å². The molecule has 1 amide bonds. The first-order valence-corrected chi connectivity index (χ1v) is 6.84. The Labute approximate surface area is 131 Å². The van der Waals surface area contributed by atoms with Crippen LogP contribution in [0.25, 0.3) is 0 Å². The summed E-state index contributed by atoms with van der Waals surface area (Å²) in [5.74, 6) is -3.53. The average Bonchev–Trinajstić information content (AvgIpc) is 2.98. The maximum atomic E-state index is 13.3. The molecule has 1 N–H and O–H groups in total. The van der Waals surface area contributed by atoms with E-state index in [0.29, 0.717) is 17.4 Å². The van der Waals surface area contributed by atoms with Crippen LogP contribution in [-0.2, 0) is 9.53 Å². The summed E-state index contributed by atoms with van der Waals surface area (Å²) in [6.45, 7) is -0.721. The Bertz CT molecular complexity index is 777. The van der Waals surface area contributed by atoms with Crippen molar-refractivity contribution in [3.63, 3.8) is 0 Å². The third kappa shape index (κ3) is 4.30. The Kier molecular flexibility index (Phi) is 4.96. The quantitative estimate of drug-likeness (QED) is 0.512. The Morgan fingerprint density at radius 2 is 2.00 bits per heavy atom. The second kappa shape index (κ2) is 6.92. The van der Waals surface area contributed by atoms with Crippen LogP contribution in [0.5, 0.6) is 0 Å². The Morgan fingerprint density at radius 1 is 1.26 bits per heavy atom. The predicted octanol–water partition coefficient (Wildman–Crippen LogP) is 2.73. The molecule has 7 nitrogen and oxygen atoms in total. The number of halogens is 2. The zero-order valence-corrected chi connectivity index (χ0v) is 12.1. The summed E-state index contributed by atoms with van der Waals surface area (Å²) in [7, 11) is 0. The number of anilines is 1. The molecule has 0 aliphatic heterocycles. The Balaban J connectivity index is 1.90. The van der Waals surface area contributed by atoms with Crippen LogP contribution in [0.2, 0.25) is 0 Å². The minimum atomic E-state index is -0.974. The SMILES string of the molecule is O=C(COC(=O)c1ccc([N+](=O)[O-])s1)Nc1ccc(F)cc1F. The topological polar surface area (TPSA) is 98.5 Å². The highest BCUT2D eigenvalue weighted by Gasteiger charge is 2.17. The monoisotopic (exact) mass is 342 g/mol. The molecule has 2 rings (SSSR count). The molecule has 0 saturated heterocycles. The number of amides is 1. The molecule has 0 fully saturated rings. The van der Waals surface area contributed by atoms with Gasteiger partial charge in [-0.25, -0.2) is 13.6 Å². The van der Waals surface area contributed by atoms with E-state index < -0.39 is 35.0 Å². The molecule has 0 aliphatic carbocycles. The van der Waals surface area contributed by atoms with Gasteiger partial charge >= 0.3 is 11.0 Å². The van der Waals surface area contributed by atoms with Gasteiger partial charge in [-0.1, -0.05) is 11.3 Å². The van der Waals surface area contributed by atoms with Gasteiger partial charge in [0.2, 0.25) is 0 Å². The average molecular weight is 342 g/mol. The van der Waals surface area contributed by atoms with Crippen molar-refractivity contribution in [2.75, 3.05) is 11.9 Å². The maximum Gasteiger partial charge on any atom is 0.349 e. The summed E-state index contributed by atoms with van der Waals surface area (Å²) in [5, 5.41) is 12.4. The van der Waals surface area contributed by atoms with Crippen molar-refractivity contribution in [3.8, 4) is 0 Å². The molecule has 23 heavy (non-hydrogen) atoms. The van der Waals surface area contributed by atoms with Crippen molar-refractivity contribution in [3.05, 3.63) is 57.0 Å². The summed E-state index contributed by atoms with van der Waals surface area (Å²) in [4.78, 5) is 33.0. The first-order chi connectivity index (χ1) is 10.9. The van der Waals surface area contributed by atoms with E-state index in [0.717, 1.165) is 18.2 Å². The molecule has 0 radical (unpaired) electrons. The number of nitro groups is 1. The number of ether oxygens (including phenoxy) is 1. The van der Waals surface area contributed by atoms with E-state index >= 15 is 0 Å². The number of carbonyl (C=O) groups excluding carboxylic acids is 2. The van der Waals surface area contributed by atoms with Crippen molar-refractivity contribution in [2.24, 2.45) is 0 Å². The number of benzene rings is 1. The molecule has 0 saturated carbocycles. The fourth-order valence-electron chi connectivity index (χ4n) is 1.51. The van der Waals surface area contributed by atoms with Crippen LogP contribution >= 0.6 is 11.3 Å². The van der Waals surface area contributed by atoms with Crippen LogP contribution in [0.1, 0.15) is 9.67 Å². The Hall–Kier alpha value is -2.88. The van der Waals surface area contributed by atoms with E-state index in [2.05, 4.69) is 10.1 Å². The van der Waals surface area contributed by atoms with Gasteiger partial charge in [0.25, 0.3) is 5.91 Å². The molecule has 0 aliphatic rings. The van der Waals surface area contributed by atoms with Crippen LogP contribution in [0.15, 0.2) is 30.3 Å². The van der Waals surface area contributed by atoms with E-state index in [9.17, 15) is 28.5 Å².